The largest absolute Gasteiger partial charge is 0.424 e. The van der Waals surface area contributed by atoms with E-state index in [1.807, 2.05) is 56.3 Å². The van der Waals surface area contributed by atoms with Gasteiger partial charge in [-0.1, -0.05) is 38.1 Å². The van der Waals surface area contributed by atoms with Crippen LogP contribution in [0, 0.1) is 5.92 Å². The lowest BCUT2D eigenvalue weighted by molar-refractivity contribution is -0.121. The van der Waals surface area contributed by atoms with Gasteiger partial charge >= 0.3 is 6.01 Å². The fourth-order valence-corrected chi connectivity index (χ4v) is 3.77. The number of anilines is 1. The number of carbonyl (C=O) groups excluding carboxylic acids is 1. The summed E-state index contributed by atoms with van der Waals surface area (Å²) in [6.45, 7) is 6.44. The number of nitrogens with zero attached hydrogens (tertiary/aromatic N) is 5. The molecule has 1 fully saturated rings. The van der Waals surface area contributed by atoms with E-state index < -0.39 is 0 Å². The minimum Gasteiger partial charge on any atom is -0.424 e. The predicted molar refractivity (Wildman–Crippen MR) is 128 cm³/mol. The van der Waals surface area contributed by atoms with Gasteiger partial charge in [-0.05, 0) is 23.8 Å². The number of ether oxygens (including phenoxy) is 2. The molecule has 0 radical (unpaired) electrons. The van der Waals surface area contributed by atoms with Gasteiger partial charge in [0, 0.05) is 36.4 Å². The first kappa shape index (κ1) is 22.0. The number of H-pyrrole nitrogens is 1. The Morgan fingerprint density at radius 2 is 1.88 bits per heavy atom. The number of morpholine rings is 1. The predicted octanol–water partition coefficient (Wildman–Crippen LogP) is 3.81. The van der Waals surface area contributed by atoms with E-state index in [9.17, 15) is 4.79 Å². The molecule has 3 heterocycles. The Bertz CT molecular complexity index is 1300. The number of hydrogen-bond acceptors (Lipinski definition) is 8. The zero-order chi connectivity index (χ0) is 23.5. The van der Waals surface area contributed by atoms with E-state index in [1.54, 1.807) is 6.20 Å². The summed E-state index contributed by atoms with van der Waals surface area (Å²) < 4.78 is 11.5. The third-order valence-corrected chi connectivity index (χ3v) is 5.78. The van der Waals surface area contributed by atoms with E-state index in [2.05, 4.69) is 25.1 Å². The summed E-state index contributed by atoms with van der Waals surface area (Å²) in [5.74, 6) is 1.87. The van der Waals surface area contributed by atoms with E-state index in [4.69, 9.17) is 14.5 Å². The summed E-state index contributed by atoms with van der Waals surface area (Å²) >= 11 is 0. The lowest BCUT2D eigenvalue weighted by Gasteiger charge is -2.27. The van der Waals surface area contributed by atoms with Crippen molar-refractivity contribution in [3.63, 3.8) is 0 Å². The van der Waals surface area contributed by atoms with Gasteiger partial charge in [0.15, 0.2) is 5.82 Å². The van der Waals surface area contributed by atoms with Crippen molar-refractivity contribution in [2.24, 2.45) is 5.92 Å². The molecule has 9 nitrogen and oxygen atoms in total. The van der Waals surface area contributed by atoms with Gasteiger partial charge in [0.25, 0.3) is 0 Å². The number of carbonyl (C=O) groups is 1. The van der Waals surface area contributed by atoms with Crippen LogP contribution < -0.4 is 9.64 Å². The number of aromatic nitrogens is 5. The smallest absolute Gasteiger partial charge is 0.327 e. The molecule has 1 N–H and O–H groups in total. The zero-order valence-corrected chi connectivity index (χ0v) is 19.2. The third-order valence-electron chi connectivity index (χ3n) is 5.78. The second kappa shape index (κ2) is 9.56. The molecule has 0 aliphatic carbocycles. The summed E-state index contributed by atoms with van der Waals surface area (Å²) in [6, 6.07) is 13.5. The van der Waals surface area contributed by atoms with Crippen molar-refractivity contribution in [2.45, 2.75) is 20.3 Å². The molecular weight excluding hydrogens is 432 g/mol. The quantitative estimate of drug-likeness (QED) is 0.446. The Labute approximate surface area is 197 Å². The monoisotopic (exact) mass is 458 g/mol. The van der Waals surface area contributed by atoms with Crippen molar-refractivity contribution < 1.29 is 14.3 Å². The normalized spacial score (nSPS) is 14.0. The van der Waals surface area contributed by atoms with Gasteiger partial charge in [0.1, 0.15) is 11.5 Å². The molecule has 0 saturated carbocycles. The Balaban J connectivity index is 1.47. The van der Waals surface area contributed by atoms with Crippen molar-refractivity contribution in [2.75, 3.05) is 31.2 Å². The van der Waals surface area contributed by atoms with Crippen LogP contribution in [-0.4, -0.2) is 57.2 Å². The molecule has 34 heavy (non-hydrogen) atoms. The van der Waals surface area contributed by atoms with E-state index >= 15 is 0 Å². The highest BCUT2D eigenvalue weighted by molar-refractivity contribution is 5.92. The number of ketones is 1. The van der Waals surface area contributed by atoms with Gasteiger partial charge < -0.3 is 14.4 Å². The number of nitrogens with one attached hydrogen (secondary N) is 1. The minimum absolute atomic E-state index is 0.0119. The summed E-state index contributed by atoms with van der Waals surface area (Å²) in [4.78, 5) is 28.1. The number of rotatable bonds is 7. The molecular formula is C25H26N6O3. The molecule has 2 aromatic heterocycles. The topological polar surface area (TPSA) is 106 Å². The third kappa shape index (κ3) is 4.74. The zero-order valence-electron chi connectivity index (χ0n) is 19.2. The highest BCUT2D eigenvalue weighted by Gasteiger charge is 2.19. The molecule has 0 unspecified atom stereocenters. The molecule has 0 bridgehead atoms. The van der Waals surface area contributed by atoms with Crippen molar-refractivity contribution in [1.29, 1.82) is 0 Å². The minimum atomic E-state index is 0.0119. The van der Waals surface area contributed by atoms with Crippen LogP contribution in [0.3, 0.4) is 0 Å². The van der Waals surface area contributed by atoms with Crippen LogP contribution in [0.15, 0.2) is 48.7 Å². The second-order valence-electron chi connectivity index (χ2n) is 8.52. The number of fused-ring (bicyclic) bond motifs is 1. The van der Waals surface area contributed by atoms with Gasteiger partial charge in [0.05, 0.1) is 24.9 Å². The molecule has 0 spiro atoms. The molecule has 1 aliphatic heterocycles. The standard InChI is InChI=1S/C25H26N6O3/c1-16(2)22(32)14-17-6-8-18(9-7-17)34-25-28-23(19-4-3-5-21-20(19)15-26-30-21)27-24(29-25)31-10-12-33-13-11-31/h3-9,15-16H,10-14H2,1-2H3,(H,26,30). The van der Waals surface area contributed by atoms with Crippen LogP contribution in [0.4, 0.5) is 5.95 Å². The fourth-order valence-electron chi connectivity index (χ4n) is 3.77. The number of aromatic amines is 1. The van der Waals surface area contributed by atoms with Crippen LogP contribution in [-0.2, 0) is 16.0 Å². The second-order valence-corrected chi connectivity index (χ2v) is 8.52. The maximum absolute atomic E-state index is 12.0. The maximum Gasteiger partial charge on any atom is 0.327 e. The average Bonchev–Trinajstić information content (AvgIpc) is 3.35. The summed E-state index contributed by atoms with van der Waals surface area (Å²) in [6.07, 6.45) is 2.17. The lowest BCUT2D eigenvalue weighted by Crippen LogP contribution is -2.37. The number of hydrogen-bond donors (Lipinski definition) is 1. The Kier molecular flexibility index (Phi) is 6.18. The highest BCUT2D eigenvalue weighted by Crippen LogP contribution is 2.29. The van der Waals surface area contributed by atoms with Gasteiger partial charge in [-0.25, -0.2) is 0 Å². The number of Topliss-reactive ketones (excluding diaryl/α,β-unsaturated/α-hetero) is 1. The molecule has 5 rings (SSSR count). The molecule has 1 saturated heterocycles. The number of benzene rings is 2. The maximum atomic E-state index is 12.0. The molecule has 0 amide bonds. The fraction of sp³-hybridized carbons (Fsp3) is 0.320. The SMILES string of the molecule is CC(C)C(=O)Cc1ccc(Oc2nc(-c3cccc4[nH]ncc34)nc(N3CCOCC3)n2)cc1. The van der Waals surface area contributed by atoms with Gasteiger partial charge in [-0.15, -0.1) is 0 Å². The highest BCUT2D eigenvalue weighted by atomic mass is 16.5. The first-order chi connectivity index (χ1) is 16.6. The van der Waals surface area contributed by atoms with Gasteiger partial charge in [-0.3, -0.25) is 9.89 Å². The Morgan fingerprint density at radius 3 is 2.65 bits per heavy atom. The molecule has 4 aromatic rings. The summed E-state index contributed by atoms with van der Waals surface area (Å²) in [7, 11) is 0. The van der Waals surface area contributed by atoms with E-state index in [1.165, 1.54) is 0 Å². The Hall–Kier alpha value is -3.85. The van der Waals surface area contributed by atoms with Crippen molar-refractivity contribution >= 4 is 22.6 Å². The first-order valence-electron chi connectivity index (χ1n) is 11.4. The molecule has 1 aliphatic rings. The van der Waals surface area contributed by atoms with Crippen molar-refractivity contribution in [3.05, 3.63) is 54.2 Å². The van der Waals surface area contributed by atoms with Crippen molar-refractivity contribution in [1.82, 2.24) is 25.1 Å². The van der Waals surface area contributed by atoms with E-state index in [0.29, 0.717) is 50.2 Å². The Morgan fingerprint density at radius 1 is 1.09 bits per heavy atom. The van der Waals surface area contributed by atoms with Crippen LogP contribution in [0.25, 0.3) is 22.3 Å². The average molecular weight is 459 g/mol. The van der Waals surface area contributed by atoms with E-state index in [-0.39, 0.29) is 17.7 Å². The van der Waals surface area contributed by atoms with E-state index in [0.717, 1.165) is 22.0 Å². The lowest BCUT2D eigenvalue weighted by atomic mass is 10.0. The first-order valence-corrected chi connectivity index (χ1v) is 11.4. The molecule has 2 aromatic carbocycles. The van der Waals surface area contributed by atoms with Gasteiger partial charge in [-0.2, -0.15) is 20.1 Å². The van der Waals surface area contributed by atoms with Crippen LogP contribution in [0.1, 0.15) is 19.4 Å². The molecule has 174 valence electrons. The van der Waals surface area contributed by atoms with Crippen LogP contribution in [0.5, 0.6) is 11.8 Å². The summed E-state index contributed by atoms with van der Waals surface area (Å²) in [5, 5.41) is 8.06. The van der Waals surface area contributed by atoms with Crippen LogP contribution in [0.2, 0.25) is 0 Å². The molecule has 9 heteroatoms. The van der Waals surface area contributed by atoms with Crippen molar-refractivity contribution in [3.8, 4) is 23.1 Å². The molecule has 0 atom stereocenters. The van der Waals surface area contributed by atoms with Gasteiger partial charge in [0.2, 0.25) is 5.95 Å². The van der Waals surface area contributed by atoms with Crippen LogP contribution >= 0.6 is 0 Å². The summed E-state index contributed by atoms with van der Waals surface area (Å²) in [5.41, 5.74) is 2.69.